The highest BCUT2D eigenvalue weighted by atomic mass is 32.1. The zero-order valence-corrected chi connectivity index (χ0v) is 61.4. The van der Waals surface area contributed by atoms with Crippen molar-refractivity contribution in [1.82, 2.24) is 25.6 Å². The van der Waals surface area contributed by atoms with E-state index in [4.69, 9.17) is 19.0 Å². The molecule has 4 aliphatic rings. The summed E-state index contributed by atoms with van der Waals surface area (Å²) in [6.07, 6.45) is 11.9. The van der Waals surface area contributed by atoms with Gasteiger partial charge >= 0.3 is 11.3 Å². The molecule has 13 aromatic rings. The van der Waals surface area contributed by atoms with Crippen LogP contribution in [0.4, 0.5) is 47.8 Å². The Labute approximate surface area is 632 Å². The first-order valence-corrected chi connectivity index (χ1v) is 37.7. The van der Waals surface area contributed by atoms with Gasteiger partial charge in [0.05, 0.1) is 70.1 Å². The summed E-state index contributed by atoms with van der Waals surface area (Å²) in [7, 11) is 0. The first-order chi connectivity index (χ1) is 52.7. The number of piperidine rings is 3. The van der Waals surface area contributed by atoms with E-state index < -0.39 is 63.2 Å². The Morgan fingerprint density at radius 1 is 0.450 bits per heavy atom. The normalized spacial score (nSPS) is 14.1. The molecule has 0 amide bonds. The maximum atomic E-state index is 14.8. The van der Waals surface area contributed by atoms with Gasteiger partial charge in [-0.15, -0.1) is 34.0 Å². The molecule has 566 valence electrons. The fraction of sp³-hybridized carbons (Fsp3) is 0.259. The fourth-order valence-electron chi connectivity index (χ4n) is 12.3. The van der Waals surface area contributed by atoms with Gasteiger partial charge in [0.25, 0.3) is 0 Å². The minimum absolute atomic E-state index is 0.129. The van der Waals surface area contributed by atoms with Gasteiger partial charge in [-0.2, -0.15) is 0 Å². The number of Topliss-reactive ketones (excluding diaryl/α,β-unsaturated/α-hetero) is 1. The zero-order valence-electron chi connectivity index (χ0n) is 59.0. The first kappa shape index (κ1) is 79.1. The van der Waals surface area contributed by atoms with E-state index in [1.165, 1.54) is 92.1 Å². The van der Waals surface area contributed by atoms with Gasteiger partial charge in [-0.25, -0.2) is 55.3 Å². The highest BCUT2D eigenvalue weighted by Crippen LogP contribution is 2.36. The molecule has 0 bridgehead atoms. The maximum absolute atomic E-state index is 14.8. The summed E-state index contributed by atoms with van der Waals surface area (Å²) in [5.74, 6) is -6.13. The molecule has 8 aromatic carbocycles. The Kier molecular flexibility index (Phi) is 27.4. The van der Waals surface area contributed by atoms with Crippen LogP contribution in [0.3, 0.4) is 0 Å². The molecule has 0 spiro atoms. The molecule has 5 aromatic heterocycles. The van der Waals surface area contributed by atoms with E-state index in [0.29, 0.717) is 62.9 Å². The van der Waals surface area contributed by atoms with Gasteiger partial charge in [0.15, 0.2) is 12.6 Å². The minimum atomic E-state index is -1.06. The van der Waals surface area contributed by atoms with Gasteiger partial charge in [-0.05, 0) is 138 Å². The van der Waals surface area contributed by atoms with Gasteiger partial charge < -0.3 is 49.5 Å². The molecular formula is C81H75F7N8O10S3. The number of aromatic nitrogens is 3. The standard InChI is InChI=1S/C21H17FN2O2S.C20H16FN3O2S.C12H14FNO2.C10H9NOS.C7H4F2O2.C6H4F2O.C5H11N/c22-16-10-13(24-8-4-1-5-9-24)11-18-14(16)12-15(21(25)26-18)20-23-17-6-2-3-7-19(17)27-20;21-15-9-12(24-7-5-22-6-8-24)10-17-13(15)11-14(20(25)26-17)19-23-16-3-1-2-4-18(16)27-19;13-11-6-9(7-12(16)10(11)8-15)14-4-2-1-3-5-14;1-7(12)6-10-11-8-4-2-3-5-9(8)13-10;8-4-1-6(9)5(3-10)7(11)2-4;7-4-1-5(8)3-6(9)2-4;1-2-4-6-5-3-1/h2-3,6-7,10-12H,1,4-5,8-9H2;1-4,9-11,22H,5-8H2;6-8,16H,1-5H2;2-5H,6H2,1H3;1-3,11H;1-3,9H;6H,1-5H2. The number of ketones is 1. The lowest BCUT2D eigenvalue weighted by Crippen LogP contribution is -2.43. The number of aldehydes is 2. The summed E-state index contributed by atoms with van der Waals surface area (Å²) < 4.78 is 106. The molecule has 17 rings (SSSR count). The molecule has 0 saturated carbocycles. The van der Waals surface area contributed by atoms with Gasteiger partial charge in [0.1, 0.15) is 89.9 Å². The lowest BCUT2D eigenvalue weighted by atomic mass is 10.1. The number of piperazine rings is 1. The third kappa shape index (κ3) is 21.1. The van der Waals surface area contributed by atoms with Crippen LogP contribution in [0.25, 0.3) is 73.7 Å². The van der Waals surface area contributed by atoms with Crippen molar-refractivity contribution in [1.29, 1.82) is 0 Å². The van der Waals surface area contributed by atoms with Gasteiger partial charge in [0, 0.05) is 118 Å². The molecule has 18 nitrogen and oxygen atoms in total. The predicted octanol–water partition coefficient (Wildman–Crippen LogP) is 17.5. The van der Waals surface area contributed by atoms with Crippen molar-refractivity contribution in [3.05, 3.63) is 229 Å². The third-order valence-electron chi connectivity index (χ3n) is 17.7. The number of aromatic hydroxyl groups is 3. The Balaban J connectivity index is 0.000000133. The van der Waals surface area contributed by atoms with Crippen molar-refractivity contribution >= 4 is 122 Å². The highest BCUT2D eigenvalue weighted by Gasteiger charge is 2.22. The van der Waals surface area contributed by atoms with Crippen LogP contribution < -0.4 is 36.6 Å². The number of thiazole rings is 3. The summed E-state index contributed by atoms with van der Waals surface area (Å²) in [5.41, 5.74) is 4.14. The quantitative estimate of drug-likeness (QED) is 0.0512. The number of para-hydroxylation sites is 3. The second-order valence-corrected chi connectivity index (χ2v) is 28.9. The molecule has 5 N–H and O–H groups in total. The third-order valence-corrected chi connectivity index (χ3v) is 20.9. The van der Waals surface area contributed by atoms with Crippen LogP contribution in [0, 0.1) is 40.7 Å². The second kappa shape index (κ2) is 37.8. The number of anilines is 3. The molecule has 0 unspecified atom stereocenters. The van der Waals surface area contributed by atoms with Crippen LogP contribution >= 0.6 is 34.0 Å². The van der Waals surface area contributed by atoms with Crippen LogP contribution in [0.5, 0.6) is 17.2 Å². The Bertz CT molecular complexity index is 5080. The van der Waals surface area contributed by atoms with Crippen molar-refractivity contribution in [2.75, 3.05) is 80.1 Å². The maximum Gasteiger partial charge on any atom is 0.346 e. The number of carbonyl (C=O) groups excluding carboxylic acids is 3. The molecule has 0 aliphatic carbocycles. The van der Waals surface area contributed by atoms with E-state index in [2.05, 4.69) is 35.4 Å². The lowest BCUT2D eigenvalue weighted by molar-refractivity contribution is -0.116. The van der Waals surface area contributed by atoms with E-state index in [9.17, 15) is 59.8 Å². The summed E-state index contributed by atoms with van der Waals surface area (Å²) in [4.78, 5) is 76.2. The van der Waals surface area contributed by atoms with Gasteiger partial charge in [0.2, 0.25) is 0 Å². The average Bonchev–Trinajstić information content (AvgIpc) is 1.75. The van der Waals surface area contributed by atoms with Gasteiger partial charge in [-0.3, -0.25) is 14.4 Å². The van der Waals surface area contributed by atoms with E-state index in [1.54, 1.807) is 42.5 Å². The van der Waals surface area contributed by atoms with Crippen molar-refractivity contribution in [2.24, 2.45) is 0 Å². The topological polar surface area (TPSA) is 245 Å². The van der Waals surface area contributed by atoms with Crippen molar-refractivity contribution in [3.8, 4) is 38.4 Å². The molecule has 4 fully saturated rings. The fourth-order valence-corrected chi connectivity index (χ4v) is 15.3. The monoisotopic (exact) mass is 1550 g/mol. The number of rotatable bonds is 9. The SMILES string of the molecule is C1CCNCC1.CC(=O)Cc1nc2ccccc2s1.O=Cc1c(O)cc(F)cc1F.O=Cc1c(O)cc(N2CCCCC2)cc1F.O=c1oc2cc(N3CCCCC3)cc(F)c2cc1-c1nc2ccccc2s1.O=c1oc2cc(N3CCNCC3)cc(F)c2cc1-c1nc2ccccc2s1.Oc1cc(F)cc(F)c1. The van der Waals surface area contributed by atoms with E-state index in [-0.39, 0.29) is 45.9 Å². The number of fused-ring (bicyclic) bond motifs is 5. The Hall–Kier alpha value is -10.9. The first-order valence-electron chi connectivity index (χ1n) is 35.2. The predicted molar refractivity (Wildman–Crippen MR) is 415 cm³/mol. The number of phenols is 3. The number of benzene rings is 8. The number of nitrogens with zero attached hydrogens (tertiary/aromatic N) is 6. The van der Waals surface area contributed by atoms with E-state index in [1.807, 2.05) is 77.7 Å². The molecule has 0 radical (unpaired) electrons. The van der Waals surface area contributed by atoms with Gasteiger partial charge in [-0.1, -0.05) is 42.8 Å². The summed E-state index contributed by atoms with van der Waals surface area (Å²) in [5, 5.41) is 35.9. The van der Waals surface area contributed by atoms with E-state index in [0.717, 1.165) is 137 Å². The molecule has 4 saturated heterocycles. The number of phenolic OH excluding ortho intramolecular Hbond substituents is 3. The van der Waals surface area contributed by atoms with Crippen molar-refractivity contribution in [3.63, 3.8) is 0 Å². The van der Waals surface area contributed by atoms with Crippen LogP contribution in [0.15, 0.2) is 170 Å². The van der Waals surface area contributed by atoms with Crippen LogP contribution in [0.1, 0.15) is 90.4 Å². The molecule has 9 heterocycles. The smallest absolute Gasteiger partial charge is 0.346 e. The lowest BCUT2D eigenvalue weighted by Gasteiger charge is -2.29. The van der Waals surface area contributed by atoms with Crippen LogP contribution in [-0.2, 0) is 11.2 Å². The Morgan fingerprint density at radius 2 is 0.844 bits per heavy atom. The van der Waals surface area contributed by atoms with Crippen molar-refractivity contribution in [2.45, 2.75) is 71.1 Å². The molecule has 4 aliphatic heterocycles. The number of hydrogen-bond donors (Lipinski definition) is 5. The van der Waals surface area contributed by atoms with Crippen LogP contribution in [0.2, 0.25) is 0 Å². The largest absolute Gasteiger partial charge is 0.508 e. The number of nitrogens with one attached hydrogen (secondary N) is 2. The number of hydrogen-bond acceptors (Lipinski definition) is 21. The van der Waals surface area contributed by atoms with E-state index >= 15 is 0 Å². The summed E-state index contributed by atoms with van der Waals surface area (Å²) in [6.45, 7) is 10.9. The summed E-state index contributed by atoms with van der Waals surface area (Å²) in [6, 6.07) is 39.3. The Morgan fingerprint density at radius 3 is 1.25 bits per heavy atom. The second-order valence-electron chi connectivity index (χ2n) is 25.7. The van der Waals surface area contributed by atoms with Crippen LogP contribution in [-0.4, -0.2) is 114 Å². The van der Waals surface area contributed by atoms with Crippen molar-refractivity contribution < 1.29 is 69.3 Å². The number of carbonyl (C=O) groups is 3. The highest BCUT2D eigenvalue weighted by molar-refractivity contribution is 7.22. The summed E-state index contributed by atoms with van der Waals surface area (Å²) >= 11 is 4.39. The molecule has 109 heavy (non-hydrogen) atoms. The molecule has 0 atom stereocenters. The molecular weight excluding hydrogens is 1470 g/mol. The zero-order chi connectivity index (χ0) is 77.1. The number of halogens is 7. The minimum Gasteiger partial charge on any atom is -0.508 e. The molecule has 28 heteroatoms. The average molecular weight is 1550 g/mol.